The molecule has 4 nitrogen and oxygen atoms in total. The molecule has 1 atom stereocenters. The molecule has 0 aromatic heterocycles. The fraction of sp³-hybridized carbons (Fsp3) is 0.0909. The van der Waals surface area contributed by atoms with Crippen LogP contribution in [0.2, 0.25) is 5.02 Å². The van der Waals surface area contributed by atoms with Gasteiger partial charge in [0.2, 0.25) is 5.91 Å². The molecule has 0 spiro atoms. The number of rotatable bonds is 2. The second-order valence-corrected chi connectivity index (χ2v) is 6.94. The smallest absolute Gasteiger partial charge is 0.258 e. The van der Waals surface area contributed by atoms with Gasteiger partial charge in [-0.1, -0.05) is 54.1 Å². The topological polar surface area (TPSA) is 49.4 Å². The van der Waals surface area contributed by atoms with E-state index in [-0.39, 0.29) is 18.0 Å². The van der Waals surface area contributed by atoms with Crippen LogP contribution < -0.4 is 5.32 Å². The quantitative estimate of drug-likeness (QED) is 0.687. The second kappa shape index (κ2) is 7.44. The summed E-state index contributed by atoms with van der Waals surface area (Å²) in [7, 11) is 0. The first-order valence-corrected chi connectivity index (χ1v) is 9.12. The largest absolute Gasteiger partial charge is 0.324 e. The van der Waals surface area contributed by atoms with Gasteiger partial charge in [-0.2, -0.15) is 0 Å². The van der Waals surface area contributed by atoms with Gasteiger partial charge in [-0.3, -0.25) is 9.59 Å². The van der Waals surface area contributed by atoms with Crippen molar-refractivity contribution in [2.75, 3.05) is 11.9 Å². The second-order valence-electron chi connectivity index (χ2n) is 6.51. The van der Waals surface area contributed by atoms with E-state index >= 15 is 0 Å². The van der Waals surface area contributed by atoms with Gasteiger partial charge in [-0.15, -0.1) is 0 Å². The summed E-state index contributed by atoms with van der Waals surface area (Å²) in [6.07, 6.45) is 0. The number of fused-ring (bicyclic) bond motifs is 1. The summed E-state index contributed by atoms with van der Waals surface area (Å²) in [5.41, 5.74) is 1.97. The number of carbonyl (C=O) groups excluding carboxylic acids is 2. The van der Waals surface area contributed by atoms with Crippen molar-refractivity contribution in [1.29, 1.82) is 0 Å². The number of halogens is 2. The van der Waals surface area contributed by atoms with Crippen LogP contribution in [-0.2, 0) is 4.79 Å². The van der Waals surface area contributed by atoms with Crippen molar-refractivity contribution in [1.82, 2.24) is 4.90 Å². The minimum Gasteiger partial charge on any atom is -0.324 e. The van der Waals surface area contributed by atoms with Crippen molar-refractivity contribution >= 4 is 29.1 Å². The minimum atomic E-state index is -0.629. The summed E-state index contributed by atoms with van der Waals surface area (Å²) in [6, 6.07) is 19.6. The van der Waals surface area contributed by atoms with E-state index in [0.717, 1.165) is 5.56 Å². The molecule has 1 N–H and O–H groups in total. The molecule has 3 aromatic carbocycles. The van der Waals surface area contributed by atoms with Crippen LogP contribution in [0.3, 0.4) is 0 Å². The zero-order valence-electron chi connectivity index (χ0n) is 14.7. The maximum absolute atomic E-state index is 14.3. The Morgan fingerprint density at radius 1 is 1.04 bits per heavy atom. The highest BCUT2D eigenvalue weighted by Crippen LogP contribution is 2.38. The molecule has 0 saturated heterocycles. The molecule has 140 valence electrons. The molecule has 0 bridgehead atoms. The van der Waals surface area contributed by atoms with E-state index in [0.29, 0.717) is 16.3 Å². The van der Waals surface area contributed by atoms with Crippen LogP contribution in [-0.4, -0.2) is 23.3 Å². The maximum atomic E-state index is 14.3. The summed E-state index contributed by atoms with van der Waals surface area (Å²) in [5.74, 6) is -1.54. The fourth-order valence-corrected chi connectivity index (χ4v) is 3.63. The van der Waals surface area contributed by atoms with Crippen LogP contribution in [0.5, 0.6) is 0 Å². The van der Waals surface area contributed by atoms with E-state index in [4.69, 9.17) is 11.6 Å². The van der Waals surface area contributed by atoms with Gasteiger partial charge in [0.15, 0.2) is 0 Å². The normalized spacial score (nSPS) is 16.1. The Morgan fingerprint density at radius 2 is 1.75 bits per heavy atom. The van der Waals surface area contributed by atoms with Crippen molar-refractivity contribution in [2.24, 2.45) is 0 Å². The first-order valence-electron chi connectivity index (χ1n) is 8.74. The van der Waals surface area contributed by atoms with E-state index in [1.165, 1.54) is 23.1 Å². The first kappa shape index (κ1) is 18.2. The van der Waals surface area contributed by atoms with Crippen molar-refractivity contribution in [3.05, 3.63) is 100 Å². The molecule has 1 heterocycles. The van der Waals surface area contributed by atoms with E-state index in [1.807, 2.05) is 30.3 Å². The lowest BCUT2D eigenvalue weighted by atomic mass is 9.95. The number of nitrogens with zero attached hydrogens (tertiary/aromatic N) is 1. The summed E-state index contributed by atoms with van der Waals surface area (Å²) in [6.45, 7) is -0.209. The van der Waals surface area contributed by atoms with Crippen molar-refractivity contribution in [3.63, 3.8) is 0 Å². The van der Waals surface area contributed by atoms with Crippen molar-refractivity contribution in [2.45, 2.75) is 6.04 Å². The third-order valence-electron chi connectivity index (χ3n) is 4.69. The van der Waals surface area contributed by atoms with Crippen molar-refractivity contribution < 1.29 is 14.0 Å². The molecule has 1 unspecified atom stereocenters. The van der Waals surface area contributed by atoms with Crippen molar-refractivity contribution in [3.8, 4) is 0 Å². The fourth-order valence-electron chi connectivity index (χ4n) is 3.45. The average Bonchev–Trinajstić information content (AvgIpc) is 2.84. The Bertz CT molecular complexity index is 1060. The summed E-state index contributed by atoms with van der Waals surface area (Å²) in [5, 5.41) is 3.30. The highest BCUT2D eigenvalue weighted by Gasteiger charge is 2.34. The molecule has 0 fully saturated rings. The Kier molecular flexibility index (Phi) is 4.84. The molecule has 2 amide bonds. The molecule has 3 aromatic rings. The molecular formula is C22H16ClFN2O2. The Balaban J connectivity index is 1.91. The molecule has 4 rings (SSSR count). The van der Waals surface area contributed by atoms with Crippen LogP contribution in [0.4, 0.5) is 10.1 Å². The molecule has 0 saturated carbocycles. The number of hydrogen-bond acceptors (Lipinski definition) is 2. The van der Waals surface area contributed by atoms with Gasteiger partial charge >= 0.3 is 0 Å². The van der Waals surface area contributed by atoms with Gasteiger partial charge in [0.1, 0.15) is 12.4 Å². The van der Waals surface area contributed by atoms with Crippen LogP contribution >= 0.6 is 11.6 Å². The molecule has 6 heteroatoms. The minimum absolute atomic E-state index is 0.0818. The molecule has 28 heavy (non-hydrogen) atoms. The van der Waals surface area contributed by atoms with E-state index in [9.17, 15) is 14.0 Å². The Morgan fingerprint density at radius 3 is 2.50 bits per heavy atom. The number of hydrogen-bond donors (Lipinski definition) is 1. The highest BCUT2D eigenvalue weighted by atomic mass is 35.5. The molecular weight excluding hydrogens is 379 g/mol. The molecule has 1 aliphatic rings. The van der Waals surface area contributed by atoms with Gasteiger partial charge in [-0.25, -0.2) is 4.39 Å². The predicted octanol–water partition coefficient (Wildman–Crippen LogP) is 4.66. The van der Waals surface area contributed by atoms with Gasteiger partial charge in [0.05, 0.1) is 11.6 Å². The van der Waals surface area contributed by atoms with Gasteiger partial charge in [-0.05, 0) is 35.9 Å². The van der Waals surface area contributed by atoms with Gasteiger partial charge in [0, 0.05) is 16.3 Å². The molecule has 1 aliphatic heterocycles. The average molecular weight is 395 g/mol. The standard InChI is InChI=1S/C22H16ClFN2O2/c23-15-10-11-19-17(12-15)21(14-6-2-1-3-7-14)26(13-20(27)25-19)22(28)16-8-4-5-9-18(16)24/h1-12,21H,13H2,(H,25,27). The lowest BCUT2D eigenvalue weighted by molar-refractivity contribution is -0.117. The predicted molar refractivity (Wildman–Crippen MR) is 106 cm³/mol. The van der Waals surface area contributed by atoms with Gasteiger partial charge in [0.25, 0.3) is 5.91 Å². The van der Waals surface area contributed by atoms with E-state index in [2.05, 4.69) is 5.32 Å². The van der Waals surface area contributed by atoms with Crippen LogP contribution in [0.1, 0.15) is 27.5 Å². The third kappa shape index (κ3) is 3.37. The number of amides is 2. The van der Waals surface area contributed by atoms with Crippen LogP contribution in [0.15, 0.2) is 72.8 Å². The number of nitrogens with one attached hydrogen (secondary N) is 1. The SMILES string of the molecule is O=C1CN(C(=O)c2ccccc2F)C(c2ccccc2)c2cc(Cl)ccc2N1. The summed E-state index contributed by atoms with van der Waals surface area (Å²) < 4.78 is 14.3. The van der Waals surface area contributed by atoms with Gasteiger partial charge < -0.3 is 10.2 Å². The zero-order chi connectivity index (χ0) is 19.7. The zero-order valence-corrected chi connectivity index (χ0v) is 15.5. The molecule has 0 aliphatic carbocycles. The Labute approximate surface area is 166 Å². The first-order chi connectivity index (χ1) is 13.5. The summed E-state index contributed by atoms with van der Waals surface area (Å²) >= 11 is 6.21. The maximum Gasteiger partial charge on any atom is 0.258 e. The monoisotopic (exact) mass is 394 g/mol. The number of anilines is 1. The summed E-state index contributed by atoms with van der Waals surface area (Å²) in [4.78, 5) is 27.2. The van der Waals surface area contributed by atoms with E-state index < -0.39 is 17.8 Å². The molecule has 0 radical (unpaired) electrons. The number of carbonyl (C=O) groups is 2. The Hall–Kier alpha value is -3.18. The third-order valence-corrected chi connectivity index (χ3v) is 4.92. The lowest BCUT2D eigenvalue weighted by Crippen LogP contribution is -2.39. The van der Waals surface area contributed by atoms with Crippen LogP contribution in [0, 0.1) is 5.82 Å². The lowest BCUT2D eigenvalue weighted by Gasteiger charge is -2.30. The van der Waals surface area contributed by atoms with E-state index in [1.54, 1.807) is 24.3 Å². The number of benzene rings is 3. The highest BCUT2D eigenvalue weighted by molar-refractivity contribution is 6.30. The van der Waals surface area contributed by atoms with Crippen LogP contribution in [0.25, 0.3) is 0 Å².